The van der Waals surface area contributed by atoms with E-state index >= 15 is 0 Å². The van der Waals surface area contributed by atoms with Crippen LogP contribution in [0.3, 0.4) is 0 Å². The molecule has 110 valence electrons. The fourth-order valence-corrected chi connectivity index (χ4v) is 3.59. The number of amides is 1. The van der Waals surface area contributed by atoms with Gasteiger partial charge in [-0.1, -0.05) is 19.9 Å². The number of rotatable bonds is 1. The Morgan fingerprint density at radius 3 is 2.65 bits per heavy atom. The lowest BCUT2D eigenvalue weighted by atomic mass is 10.0. The minimum absolute atomic E-state index is 0.118. The Balaban J connectivity index is 2.21. The van der Waals surface area contributed by atoms with Crippen molar-refractivity contribution in [2.45, 2.75) is 38.9 Å². The highest BCUT2D eigenvalue weighted by Gasteiger charge is 2.27. The number of aryl methyl sites for hydroxylation is 2. The zero-order valence-corrected chi connectivity index (χ0v) is 13.6. The minimum atomic E-state index is 0.118. The van der Waals surface area contributed by atoms with Gasteiger partial charge in [0.2, 0.25) is 0 Å². The van der Waals surface area contributed by atoms with Gasteiger partial charge in [-0.15, -0.1) is 0 Å². The second-order valence-electron chi connectivity index (χ2n) is 6.17. The van der Waals surface area contributed by atoms with Gasteiger partial charge < -0.3 is 10.6 Å². The first kappa shape index (κ1) is 15.2. The molecule has 1 saturated heterocycles. The summed E-state index contributed by atoms with van der Waals surface area (Å²) in [7, 11) is 0. The molecule has 0 aromatic heterocycles. The standard InChI is InChI=1S/C16H24N2OS/c1-11-9-12(2)14(17)10-13(11)15(19)18-6-5-16(3,4)20-8-7-18/h9-10H,5-8,17H2,1-4H3. The molecule has 1 aliphatic heterocycles. The van der Waals surface area contributed by atoms with Gasteiger partial charge in [0.25, 0.3) is 5.91 Å². The third-order valence-electron chi connectivity index (χ3n) is 3.97. The quantitative estimate of drug-likeness (QED) is 0.808. The summed E-state index contributed by atoms with van der Waals surface area (Å²) in [6, 6.07) is 3.83. The lowest BCUT2D eigenvalue weighted by Gasteiger charge is -2.23. The van der Waals surface area contributed by atoms with Gasteiger partial charge in [0.05, 0.1) is 0 Å². The van der Waals surface area contributed by atoms with E-state index in [-0.39, 0.29) is 10.7 Å². The van der Waals surface area contributed by atoms with Gasteiger partial charge in [-0.25, -0.2) is 0 Å². The summed E-state index contributed by atoms with van der Waals surface area (Å²) in [5, 5.41) is 0. The van der Waals surface area contributed by atoms with Crippen molar-refractivity contribution >= 4 is 23.4 Å². The summed E-state index contributed by atoms with van der Waals surface area (Å²) in [6.45, 7) is 10.1. The molecule has 0 spiro atoms. The van der Waals surface area contributed by atoms with Crippen molar-refractivity contribution in [3.05, 3.63) is 28.8 Å². The van der Waals surface area contributed by atoms with E-state index in [0.29, 0.717) is 5.69 Å². The lowest BCUT2D eigenvalue weighted by Crippen LogP contribution is -2.34. The summed E-state index contributed by atoms with van der Waals surface area (Å²) in [5.41, 5.74) is 9.45. The van der Waals surface area contributed by atoms with E-state index < -0.39 is 0 Å². The number of carbonyl (C=O) groups excluding carboxylic acids is 1. The number of benzene rings is 1. The maximum atomic E-state index is 12.7. The summed E-state index contributed by atoms with van der Waals surface area (Å²) in [4.78, 5) is 14.7. The molecule has 0 unspecified atom stereocenters. The summed E-state index contributed by atoms with van der Waals surface area (Å²) < 4.78 is 0.260. The third kappa shape index (κ3) is 3.29. The molecule has 1 aromatic rings. The Morgan fingerprint density at radius 2 is 1.95 bits per heavy atom. The van der Waals surface area contributed by atoms with Crippen molar-refractivity contribution in [3.63, 3.8) is 0 Å². The predicted octanol–water partition coefficient (Wildman–Crippen LogP) is 3.24. The lowest BCUT2D eigenvalue weighted by molar-refractivity contribution is 0.0764. The predicted molar refractivity (Wildman–Crippen MR) is 87.4 cm³/mol. The average Bonchev–Trinajstić information content (AvgIpc) is 2.54. The van der Waals surface area contributed by atoms with E-state index in [9.17, 15) is 4.79 Å². The van der Waals surface area contributed by atoms with E-state index in [4.69, 9.17) is 5.73 Å². The molecule has 4 heteroatoms. The van der Waals surface area contributed by atoms with E-state index in [1.165, 1.54) is 0 Å². The Morgan fingerprint density at radius 1 is 1.25 bits per heavy atom. The number of hydrogen-bond acceptors (Lipinski definition) is 3. The molecule has 0 bridgehead atoms. The highest BCUT2D eigenvalue weighted by molar-refractivity contribution is 8.00. The molecule has 20 heavy (non-hydrogen) atoms. The van der Waals surface area contributed by atoms with Crippen molar-refractivity contribution in [1.82, 2.24) is 4.90 Å². The molecule has 2 rings (SSSR count). The van der Waals surface area contributed by atoms with Crippen LogP contribution in [0.1, 0.15) is 41.8 Å². The third-order valence-corrected chi connectivity index (χ3v) is 5.34. The fraction of sp³-hybridized carbons (Fsp3) is 0.562. The van der Waals surface area contributed by atoms with E-state index in [0.717, 1.165) is 42.0 Å². The van der Waals surface area contributed by atoms with Crippen molar-refractivity contribution in [1.29, 1.82) is 0 Å². The average molecular weight is 292 g/mol. The highest BCUT2D eigenvalue weighted by Crippen LogP contribution is 2.31. The zero-order valence-electron chi connectivity index (χ0n) is 12.8. The van der Waals surface area contributed by atoms with Crippen LogP contribution in [-0.4, -0.2) is 34.4 Å². The maximum absolute atomic E-state index is 12.7. The Hall–Kier alpha value is -1.16. The van der Waals surface area contributed by atoms with Gasteiger partial charge in [-0.2, -0.15) is 11.8 Å². The Bertz CT molecular complexity index is 525. The van der Waals surface area contributed by atoms with Crippen LogP contribution in [0.5, 0.6) is 0 Å². The molecule has 1 heterocycles. The van der Waals surface area contributed by atoms with Crippen molar-refractivity contribution in [2.24, 2.45) is 0 Å². The van der Waals surface area contributed by atoms with Gasteiger partial charge >= 0.3 is 0 Å². The molecule has 0 radical (unpaired) electrons. The van der Waals surface area contributed by atoms with Crippen molar-refractivity contribution in [3.8, 4) is 0 Å². The molecular weight excluding hydrogens is 268 g/mol. The first-order valence-electron chi connectivity index (χ1n) is 7.10. The molecule has 3 nitrogen and oxygen atoms in total. The monoisotopic (exact) mass is 292 g/mol. The normalized spacial score (nSPS) is 18.7. The fourth-order valence-electron chi connectivity index (χ4n) is 2.49. The number of thioether (sulfide) groups is 1. The van der Waals surface area contributed by atoms with Crippen LogP contribution in [0.15, 0.2) is 12.1 Å². The maximum Gasteiger partial charge on any atom is 0.254 e. The first-order chi connectivity index (χ1) is 9.30. The minimum Gasteiger partial charge on any atom is -0.398 e. The molecule has 1 aromatic carbocycles. The molecule has 1 amide bonds. The number of nitrogen functional groups attached to an aromatic ring is 1. The molecule has 2 N–H and O–H groups in total. The first-order valence-corrected chi connectivity index (χ1v) is 8.09. The van der Waals surface area contributed by atoms with Crippen LogP contribution in [0.25, 0.3) is 0 Å². The Kier molecular flexibility index (Phi) is 4.33. The van der Waals surface area contributed by atoms with Crippen LogP contribution in [-0.2, 0) is 0 Å². The van der Waals surface area contributed by atoms with Crippen molar-refractivity contribution < 1.29 is 4.79 Å². The van der Waals surface area contributed by atoms with E-state index in [1.54, 1.807) is 0 Å². The van der Waals surface area contributed by atoms with Crippen LogP contribution in [0.4, 0.5) is 5.69 Å². The number of nitrogens with two attached hydrogens (primary N) is 1. The molecule has 1 fully saturated rings. The number of anilines is 1. The van der Waals surface area contributed by atoms with Crippen LogP contribution in [0, 0.1) is 13.8 Å². The van der Waals surface area contributed by atoms with Crippen LogP contribution >= 0.6 is 11.8 Å². The molecule has 0 saturated carbocycles. The van der Waals surface area contributed by atoms with Crippen LogP contribution < -0.4 is 5.73 Å². The highest BCUT2D eigenvalue weighted by atomic mass is 32.2. The van der Waals surface area contributed by atoms with Gasteiger partial charge in [0.15, 0.2) is 0 Å². The van der Waals surface area contributed by atoms with Gasteiger partial charge in [-0.05, 0) is 37.5 Å². The molecule has 0 atom stereocenters. The molecular formula is C16H24N2OS. The van der Waals surface area contributed by atoms with Gasteiger partial charge in [-0.3, -0.25) is 4.79 Å². The van der Waals surface area contributed by atoms with E-state index in [1.807, 2.05) is 42.6 Å². The van der Waals surface area contributed by atoms with Crippen LogP contribution in [0.2, 0.25) is 0 Å². The zero-order chi connectivity index (χ0) is 14.9. The van der Waals surface area contributed by atoms with Gasteiger partial charge in [0.1, 0.15) is 0 Å². The number of hydrogen-bond donors (Lipinski definition) is 1. The van der Waals surface area contributed by atoms with E-state index in [2.05, 4.69) is 13.8 Å². The second-order valence-corrected chi connectivity index (χ2v) is 7.98. The smallest absolute Gasteiger partial charge is 0.254 e. The SMILES string of the molecule is Cc1cc(C)c(C(=O)N2CCSC(C)(C)CC2)cc1N. The topological polar surface area (TPSA) is 46.3 Å². The molecule has 0 aliphatic carbocycles. The largest absolute Gasteiger partial charge is 0.398 e. The van der Waals surface area contributed by atoms with Gasteiger partial charge in [0, 0.05) is 34.8 Å². The summed E-state index contributed by atoms with van der Waals surface area (Å²) in [6.07, 6.45) is 1.03. The molecule has 1 aliphatic rings. The Labute approximate surface area is 125 Å². The summed E-state index contributed by atoms with van der Waals surface area (Å²) >= 11 is 1.95. The second kappa shape index (κ2) is 5.68. The number of carbonyl (C=O) groups is 1. The van der Waals surface area contributed by atoms with Crippen molar-refractivity contribution in [2.75, 3.05) is 24.6 Å². The summed E-state index contributed by atoms with van der Waals surface area (Å²) in [5.74, 6) is 1.12. The number of nitrogens with zero attached hydrogens (tertiary/aromatic N) is 1.